The van der Waals surface area contributed by atoms with Crippen LogP contribution in [0, 0.1) is 6.92 Å². The zero-order valence-electron chi connectivity index (χ0n) is 12.3. The van der Waals surface area contributed by atoms with Crippen molar-refractivity contribution >= 4 is 21.4 Å². The minimum Gasteiger partial charge on any atom is -0.311 e. The van der Waals surface area contributed by atoms with Crippen molar-refractivity contribution in [2.45, 2.75) is 18.2 Å². The van der Waals surface area contributed by atoms with E-state index in [1.807, 2.05) is 31.2 Å². The van der Waals surface area contributed by atoms with E-state index in [1.54, 1.807) is 29.2 Å². The lowest BCUT2D eigenvalue weighted by molar-refractivity contribution is -0.116. The second-order valence-corrected chi connectivity index (χ2v) is 7.49. The Morgan fingerprint density at radius 2 is 1.77 bits per heavy atom. The van der Waals surface area contributed by atoms with E-state index in [0.717, 1.165) is 23.2 Å². The number of hydrogen-bond acceptors (Lipinski definition) is 3. The van der Waals surface area contributed by atoms with Crippen LogP contribution in [0.2, 0.25) is 0 Å². The zero-order chi connectivity index (χ0) is 15.7. The average Bonchev–Trinajstić information content (AvgIpc) is 2.91. The Morgan fingerprint density at radius 1 is 1.09 bits per heavy atom. The van der Waals surface area contributed by atoms with Crippen LogP contribution < -0.4 is 4.90 Å². The lowest BCUT2D eigenvalue weighted by Gasteiger charge is -2.17. The predicted octanol–water partition coefficient (Wildman–Crippen LogP) is 2.36. The van der Waals surface area contributed by atoms with Gasteiger partial charge in [-0.05, 0) is 37.1 Å². The number of sulfone groups is 1. The molecule has 22 heavy (non-hydrogen) atoms. The van der Waals surface area contributed by atoms with Gasteiger partial charge in [0, 0.05) is 12.2 Å². The van der Waals surface area contributed by atoms with Gasteiger partial charge in [-0.25, -0.2) is 8.42 Å². The summed E-state index contributed by atoms with van der Waals surface area (Å²) in [5.41, 5.74) is 2.90. The topological polar surface area (TPSA) is 54.5 Å². The molecule has 0 fully saturated rings. The molecule has 0 unspecified atom stereocenters. The van der Waals surface area contributed by atoms with Gasteiger partial charge >= 0.3 is 0 Å². The van der Waals surface area contributed by atoms with Gasteiger partial charge in [0.1, 0.15) is 5.75 Å². The first-order chi connectivity index (χ1) is 10.5. The molecule has 3 rings (SSSR count). The van der Waals surface area contributed by atoms with E-state index < -0.39 is 15.6 Å². The number of fused-ring (bicyclic) bond motifs is 1. The smallest absolute Gasteiger partial charge is 0.242 e. The largest absolute Gasteiger partial charge is 0.311 e. The van der Waals surface area contributed by atoms with Crippen LogP contribution in [-0.4, -0.2) is 26.6 Å². The highest BCUT2D eigenvalue weighted by molar-refractivity contribution is 7.92. The molecular formula is C17H17NO3S. The Morgan fingerprint density at radius 3 is 2.50 bits per heavy atom. The number of nitrogens with zero attached hydrogens (tertiary/aromatic N) is 1. The van der Waals surface area contributed by atoms with Crippen LogP contribution in [0.5, 0.6) is 0 Å². The molecule has 0 spiro atoms. The molecule has 0 atom stereocenters. The second kappa shape index (κ2) is 5.57. The normalized spacial score (nSPS) is 14.0. The molecule has 2 aromatic rings. The van der Waals surface area contributed by atoms with Crippen LogP contribution in [0.25, 0.3) is 0 Å². The van der Waals surface area contributed by atoms with Crippen molar-refractivity contribution in [2.75, 3.05) is 17.2 Å². The molecule has 1 heterocycles. The maximum absolute atomic E-state index is 12.4. The first kappa shape index (κ1) is 14.8. The molecule has 0 N–H and O–H groups in total. The fourth-order valence-corrected chi connectivity index (χ4v) is 3.87. The van der Waals surface area contributed by atoms with Crippen molar-refractivity contribution in [3.05, 3.63) is 59.7 Å². The molecule has 1 amide bonds. The van der Waals surface area contributed by atoms with E-state index in [1.165, 1.54) is 0 Å². The van der Waals surface area contributed by atoms with E-state index in [4.69, 9.17) is 0 Å². The van der Waals surface area contributed by atoms with Gasteiger partial charge in [0.15, 0.2) is 9.84 Å². The Kier molecular flexibility index (Phi) is 3.74. The minimum absolute atomic E-state index is 0.193. The van der Waals surface area contributed by atoms with Gasteiger partial charge in [-0.15, -0.1) is 0 Å². The van der Waals surface area contributed by atoms with E-state index in [0.29, 0.717) is 6.54 Å². The van der Waals surface area contributed by atoms with Crippen molar-refractivity contribution in [3.63, 3.8) is 0 Å². The van der Waals surface area contributed by atoms with Crippen molar-refractivity contribution in [3.8, 4) is 0 Å². The van der Waals surface area contributed by atoms with Gasteiger partial charge in [0.2, 0.25) is 5.91 Å². The Hall–Kier alpha value is -2.14. The lowest BCUT2D eigenvalue weighted by atomic mass is 10.2. The number of carbonyl (C=O) groups excluding carboxylic acids is 1. The van der Waals surface area contributed by atoms with E-state index >= 15 is 0 Å². The molecule has 0 bridgehead atoms. The van der Waals surface area contributed by atoms with Crippen LogP contribution >= 0.6 is 0 Å². The Bertz CT molecular complexity index is 810. The summed E-state index contributed by atoms with van der Waals surface area (Å²) < 4.78 is 24.8. The number of aryl methyl sites for hydroxylation is 1. The summed E-state index contributed by atoms with van der Waals surface area (Å²) in [6.45, 7) is 2.43. The van der Waals surface area contributed by atoms with Gasteiger partial charge in [0.05, 0.1) is 4.90 Å². The molecule has 2 aromatic carbocycles. The van der Waals surface area contributed by atoms with E-state index in [-0.39, 0.29) is 10.8 Å². The number of benzene rings is 2. The number of para-hydroxylation sites is 1. The first-order valence-electron chi connectivity index (χ1n) is 7.15. The highest BCUT2D eigenvalue weighted by Gasteiger charge is 2.28. The van der Waals surface area contributed by atoms with Gasteiger partial charge in [-0.1, -0.05) is 35.9 Å². The van der Waals surface area contributed by atoms with Gasteiger partial charge in [0.25, 0.3) is 0 Å². The predicted molar refractivity (Wildman–Crippen MR) is 85.7 cm³/mol. The standard InChI is InChI=1S/C17H17NO3S/c1-13-6-8-15(9-7-13)22(20,21)12-17(19)18-11-10-14-4-2-3-5-16(14)18/h2-9H,10-12H2,1H3. The quantitative estimate of drug-likeness (QED) is 0.874. The molecule has 5 heteroatoms. The summed E-state index contributed by atoms with van der Waals surface area (Å²) in [4.78, 5) is 14.2. The molecule has 0 aliphatic carbocycles. The maximum Gasteiger partial charge on any atom is 0.242 e. The first-order valence-corrected chi connectivity index (χ1v) is 8.80. The molecule has 0 saturated heterocycles. The van der Waals surface area contributed by atoms with Crippen molar-refractivity contribution < 1.29 is 13.2 Å². The maximum atomic E-state index is 12.4. The molecule has 0 saturated carbocycles. The highest BCUT2D eigenvalue weighted by Crippen LogP contribution is 2.28. The minimum atomic E-state index is -3.61. The van der Waals surface area contributed by atoms with Crippen LogP contribution in [0.15, 0.2) is 53.4 Å². The Labute approximate surface area is 130 Å². The molecule has 4 nitrogen and oxygen atoms in total. The van der Waals surface area contributed by atoms with Gasteiger partial charge < -0.3 is 4.90 Å². The van der Waals surface area contributed by atoms with Crippen molar-refractivity contribution in [1.82, 2.24) is 0 Å². The monoisotopic (exact) mass is 315 g/mol. The average molecular weight is 315 g/mol. The van der Waals surface area contributed by atoms with E-state index in [2.05, 4.69) is 0 Å². The second-order valence-electron chi connectivity index (χ2n) is 5.50. The number of anilines is 1. The molecule has 0 aromatic heterocycles. The Balaban J connectivity index is 1.81. The van der Waals surface area contributed by atoms with Crippen LogP contribution in [0.3, 0.4) is 0 Å². The summed E-state index contributed by atoms with van der Waals surface area (Å²) in [6.07, 6.45) is 0.770. The number of rotatable bonds is 3. The SMILES string of the molecule is Cc1ccc(S(=O)(=O)CC(=O)N2CCc3ccccc32)cc1. The zero-order valence-corrected chi connectivity index (χ0v) is 13.1. The molecule has 114 valence electrons. The van der Waals surface area contributed by atoms with E-state index in [9.17, 15) is 13.2 Å². The van der Waals surface area contributed by atoms with Crippen molar-refractivity contribution in [1.29, 1.82) is 0 Å². The fourth-order valence-electron chi connectivity index (χ4n) is 2.67. The molecule has 1 aliphatic rings. The summed E-state index contributed by atoms with van der Waals surface area (Å²) in [5.74, 6) is -0.866. The third-order valence-electron chi connectivity index (χ3n) is 3.88. The summed E-state index contributed by atoms with van der Waals surface area (Å²) in [7, 11) is -3.61. The molecule has 0 radical (unpaired) electrons. The number of carbonyl (C=O) groups is 1. The van der Waals surface area contributed by atoms with Crippen LogP contribution in [-0.2, 0) is 21.1 Å². The summed E-state index contributed by atoms with van der Waals surface area (Å²) in [5, 5.41) is 0. The third kappa shape index (κ3) is 2.76. The highest BCUT2D eigenvalue weighted by atomic mass is 32.2. The van der Waals surface area contributed by atoms with Crippen molar-refractivity contribution in [2.24, 2.45) is 0 Å². The summed E-state index contributed by atoms with van der Waals surface area (Å²) >= 11 is 0. The van der Waals surface area contributed by atoms with Crippen LogP contribution in [0.4, 0.5) is 5.69 Å². The molecular weight excluding hydrogens is 298 g/mol. The fraction of sp³-hybridized carbons (Fsp3) is 0.235. The van der Waals surface area contributed by atoms with Crippen LogP contribution in [0.1, 0.15) is 11.1 Å². The number of amides is 1. The number of hydrogen-bond donors (Lipinski definition) is 0. The lowest BCUT2D eigenvalue weighted by Crippen LogP contribution is -2.34. The van der Waals surface area contributed by atoms with Gasteiger partial charge in [-0.3, -0.25) is 4.79 Å². The summed E-state index contributed by atoms with van der Waals surface area (Å²) in [6, 6.07) is 14.2. The van der Waals surface area contributed by atoms with Gasteiger partial charge in [-0.2, -0.15) is 0 Å². The molecule has 1 aliphatic heterocycles. The third-order valence-corrected chi connectivity index (χ3v) is 5.50.